The van der Waals surface area contributed by atoms with E-state index in [1.54, 1.807) is 0 Å². The van der Waals surface area contributed by atoms with E-state index in [0.717, 1.165) is 5.56 Å². The van der Waals surface area contributed by atoms with Gasteiger partial charge in [-0.2, -0.15) is 0 Å². The van der Waals surface area contributed by atoms with Gasteiger partial charge in [0.2, 0.25) is 0 Å². The average Bonchev–Trinajstić information content (AvgIpc) is 2.44. The molecule has 100 valence electrons. The minimum atomic E-state index is -0.665. The van der Waals surface area contributed by atoms with Crippen LogP contribution in [0, 0.1) is 6.92 Å². The van der Waals surface area contributed by atoms with Crippen molar-refractivity contribution in [3.8, 4) is 0 Å². The van der Waals surface area contributed by atoms with Gasteiger partial charge in [-0.25, -0.2) is 0 Å². The van der Waals surface area contributed by atoms with Gasteiger partial charge >= 0.3 is 135 Å². The quantitative estimate of drug-likeness (QED) is 0.820. The molecule has 0 saturated heterocycles. The van der Waals surface area contributed by atoms with E-state index in [1.807, 2.05) is 30.3 Å². The van der Waals surface area contributed by atoms with Crippen molar-refractivity contribution in [2.45, 2.75) is 13.5 Å². The fourth-order valence-corrected chi connectivity index (χ4v) is 2.58. The van der Waals surface area contributed by atoms with E-state index >= 15 is 0 Å². The van der Waals surface area contributed by atoms with Gasteiger partial charge in [0.25, 0.3) is 0 Å². The maximum atomic E-state index is 12.1. The molecule has 1 N–H and O–H groups in total. The number of hydrogen-bond acceptors (Lipinski definition) is 4. The second-order valence-corrected chi connectivity index (χ2v) is 5.43. The van der Waals surface area contributed by atoms with Crippen LogP contribution in [0.4, 0.5) is 0 Å². The molecule has 2 rings (SSSR count). The van der Waals surface area contributed by atoms with Gasteiger partial charge in [-0.3, -0.25) is 0 Å². The van der Waals surface area contributed by atoms with Crippen molar-refractivity contribution in [2.24, 2.45) is 0 Å². The standard InChI is InChI=1S/C13H12N2O4.Y/c1-8-10(14-13(18)15-11(8)16)12(17)19-7-9-5-3-2-4-6-9;/h2-6H,7H2,1H3,(H2,14,15,16,18);/q;+1/p-1. The molecular weight excluding hydrogens is 337 g/mol. The molecule has 0 amide bonds. The number of aromatic amines is 1. The third-order valence-electron chi connectivity index (χ3n) is 2.78. The third-order valence-corrected chi connectivity index (χ3v) is 3.99. The molecule has 0 atom stereocenters. The summed E-state index contributed by atoms with van der Waals surface area (Å²) in [6.07, 6.45) is 0. The number of ether oxygens (including phenoxy) is 1. The molecule has 6 nitrogen and oxygen atoms in total. The number of benzene rings is 1. The van der Waals surface area contributed by atoms with Gasteiger partial charge in [0, 0.05) is 0 Å². The second kappa shape index (κ2) is 6.28. The normalized spacial score (nSPS) is 10.2. The first-order valence-corrected chi connectivity index (χ1v) is 7.09. The van der Waals surface area contributed by atoms with Gasteiger partial charge in [0.05, 0.1) is 0 Å². The fraction of sp³-hybridized carbons (Fsp3) is 0.154. The van der Waals surface area contributed by atoms with E-state index in [4.69, 9.17) is 4.74 Å². The van der Waals surface area contributed by atoms with Crippen LogP contribution in [0.25, 0.3) is 0 Å². The Labute approximate surface area is 134 Å². The molecular formula is C13H11N2O4Y. The van der Waals surface area contributed by atoms with Crippen molar-refractivity contribution in [3.63, 3.8) is 0 Å². The summed E-state index contributed by atoms with van der Waals surface area (Å²) >= 11 is 0.355. The predicted molar refractivity (Wildman–Crippen MR) is 67.0 cm³/mol. The van der Waals surface area contributed by atoms with E-state index in [-0.39, 0.29) is 17.9 Å². The predicted octanol–water partition coefficient (Wildman–Crippen LogP) is 0.512. The minimum absolute atomic E-state index is 0.0251. The Bertz CT molecular complexity index is 715. The SMILES string of the molecule is Cc1c(C(=O)OCc2ccccc2)[n]([Y])c(=O)[nH]c1=O. The van der Waals surface area contributed by atoms with Crippen molar-refractivity contribution >= 4 is 5.97 Å². The van der Waals surface area contributed by atoms with Crippen LogP contribution in [0.5, 0.6) is 0 Å². The van der Waals surface area contributed by atoms with Gasteiger partial charge in [-0.05, 0) is 0 Å². The second-order valence-electron chi connectivity index (χ2n) is 4.16. The summed E-state index contributed by atoms with van der Waals surface area (Å²) in [5, 5.41) is 0. The molecule has 0 unspecified atom stereocenters. The average molecular weight is 348 g/mol. The molecule has 0 saturated carbocycles. The van der Waals surface area contributed by atoms with Crippen molar-refractivity contribution in [2.75, 3.05) is 0 Å². The van der Waals surface area contributed by atoms with Crippen LogP contribution in [0.2, 0.25) is 0 Å². The number of carbonyl (C=O) groups is 1. The summed E-state index contributed by atoms with van der Waals surface area (Å²) in [5.41, 5.74) is -0.0981. The van der Waals surface area contributed by atoms with Gasteiger partial charge in [0.1, 0.15) is 0 Å². The summed E-state index contributed by atoms with van der Waals surface area (Å²) in [4.78, 5) is 37.3. The number of hydrogen-bond donors (Lipinski definition) is 1. The summed E-state index contributed by atoms with van der Waals surface area (Å²) in [6.45, 7) is 1.59. The van der Waals surface area contributed by atoms with Crippen molar-refractivity contribution in [3.05, 3.63) is 68.0 Å². The van der Waals surface area contributed by atoms with Gasteiger partial charge in [0.15, 0.2) is 0 Å². The first kappa shape index (κ1) is 14.9. The maximum absolute atomic E-state index is 12.1. The van der Waals surface area contributed by atoms with E-state index in [0.29, 0.717) is 31.3 Å². The van der Waals surface area contributed by atoms with Crippen LogP contribution in [0.15, 0.2) is 39.9 Å². The first-order valence-electron chi connectivity index (χ1n) is 5.82. The Morgan fingerprint density at radius 2 is 1.95 bits per heavy atom. The zero-order valence-corrected chi connectivity index (χ0v) is 13.6. The first-order chi connectivity index (χ1) is 9.50. The topological polar surface area (TPSA) is 81.2 Å². The Morgan fingerprint density at radius 1 is 1.30 bits per heavy atom. The summed E-state index contributed by atoms with van der Waals surface area (Å²) in [6, 6.07) is 9.19. The number of aromatic nitrogens is 2. The molecule has 1 aromatic heterocycles. The Hall–Kier alpha value is -1.53. The summed E-state index contributed by atoms with van der Waals surface area (Å²) < 4.78 is 6.36. The number of esters is 1. The van der Waals surface area contributed by atoms with Crippen LogP contribution in [0.3, 0.4) is 0 Å². The zero-order chi connectivity index (χ0) is 14.7. The van der Waals surface area contributed by atoms with E-state index in [1.165, 1.54) is 8.62 Å². The summed E-state index contributed by atoms with van der Waals surface area (Å²) in [5.74, 6) is -0.665. The number of H-pyrrole nitrogens is 1. The van der Waals surface area contributed by atoms with Gasteiger partial charge < -0.3 is 0 Å². The molecule has 0 radical (unpaired) electrons. The molecule has 0 fully saturated rings. The Morgan fingerprint density at radius 3 is 2.60 bits per heavy atom. The molecule has 0 aliphatic rings. The molecule has 0 aliphatic carbocycles. The van der Waals surface area contributed by atoms with Crippen molar-refractivity contribution in [1.82, 2.24) is 6.68 Å². The van der Waals surface area contributed by atoms with E-state index in [2.05, 4.69) is 4.98 Å². The monoisotopic (exact) mass is 348 g/mol. The van der Waals surface area contributed by atoms with Crippen molar-refractivity contribution in [1.29, 1.82) is 0 Å². The number of carbonyl (C=O) groups excluding carboxylic acids is 1. The van der Waals surface area contributed by atoms with Gasteiger partial charge in [-0.1, -0.05) is 0 Å². The third kappa shape index (κ3) is 3.13. The van der Waals surface area contributed by atoms with Crippen LogP contribution in [-0.2, 0) is 42.6 Å². The van der Waals surface area contributed by atoms with Crippen LogP contribution in [-0.4, -0.2) is 12.7 Å². The van der Waals surface area contributed by atoms with E-state index < -0.39 is 17.2 Å². The molecule has 1 heterocycles. The van der Waals surface area contributed by atoms with Crippen LogP contribution in [0.1, 0.15) is 21.6 Å². The molecule has 20 heavy (non-hydrogen) atoms. The van der Waals surface area contributed by atoms with Gasteiger partial charge in [-0.15, -0.1) is 0 Å². The molecule has 0 bridgehead atoms. The number of rotatable bonds is 3. The molecule has 7 heteroatoms. The van der Waals surface area contributed by atoms with Crippen LogP contribution < -0.4 is 11.2 Å². The molecule has 1 aromatic carbocycles. The number of nitrogens with zero attached hydrogens (tertiary/aromatic N) is 1. The van der Waals surface area contributed by atoms with E-state index in [9.17, 15) is 14.4 Å². The molecule has 2 aromatic rings. The zero-order valence-electron chi connectivity index (χ0n) is 10.8. The number of nitrogens with one attached hydrogen (secondary N) is 1. The molecule has 0 aliphatic heterocycles. The Balaban J connectivity index is 2.26. The van der Waals surface area contributed by atoms with Crippen molar-refractivity contribution < 1.29 is 40.8 Å². The fourth-order valence-electron chi connectivity index (χ4n) is 1.68. The van der Waals surface area contributed by atoms with Crippen LogP contribution >= 0.6 is 0 Å². The molecule has 0 spiro atoms. The Kier molecular flexibility index (Phi) is 4.67. The summed E-state index contributed by atoms with van der Waals surface area (Å²) in [7, 11) is 0.